The van der Waals surface area contributed by atoms with Gasteiger partial charge in [-0.2, -0.15) is 0 Å². The molecule has 1 aromatic carbocycles. The van der Waals surface area contributed by atoms with Crippen LogP contribution in [0.2, 0.25) is 0 Å². The number of rotatable bonds is 6. The Kier molecular flexibility index (Phi) is 6.17. The van der Waals surface area contributed by atoms with Gasteiger partial charge >= 0.3 is 0 Å². The van der Waals surface area contributed by atoms with Gasteiger partial charge in [0.05, 0.1) is 19.3 Å². The molecule has 3 heterocycles. The van der Waals surface area contributed by atoms with Gasteiger partial charge in [-0.25, -0.2) is 4.98 Å². The summed E-state index contributed by atoms with van der Waals surface area (Å²) in [4.78, 5) is 20.9. The number of aromatic nitrogens is 1. The zero-order valence-electron chi connectivity index (χ0n) is 15.8. The van der Waals surface area contributed by atoms with E-state index in [2.05, 4.69) is 51.8 Å². The van der Waals surface area contributed by atoms with Crippen LogP contribution in [-0.4, -0.2) is 48.6 Å². The van der Waals surface area contributed by atoms with E-state index >= 15 is 0 Å². The number of benzene rings is 1. The van der Waals surface area contributed by atoms with Crippen LogP contribution in [0.4, 0.5) is 0 Å². The zero-order chi connectivity index (χ0) is 19.3. The van der Waals surface area contributed by atoms with Crippen molar-refractivity contribution in [3.8, 4) is 10.6 Å². The molecule has 2 aromatic heterocycles. The molecular formula is C21H23N3O2S2. The van der Waals surface area contributed by atoms with E-state index in [1.54, 1.807) is 11.3 Å². The summed E-state index contributed by atoms with van der Waals surface area (Å²) in [7, 11) is 0. The van der Waals surface area contributed by atoms with E-state index in [1.807, 2.05) is 17.5 Å². The van der Waals surface area contributed by atoms with Crippen LogP contribution in [0.15, 0.2) is 47.2 Å². The van der Waals surface area contributed by atoms with E-state index < -0.39 is 0 Å². The molecule has 28 heavy (non-hydrogen) atoms. The minimum Gasteiger partial charge on any atom is -0.379 e. The first-order chi connectivity index (χ1) is 13.7. The first-order valence-corrected chi connectivity index (χ1v) is 11.1. The van der Waals surface area contributed by atoms with Gasteiger partial charge in [0.1, 0.15) is 10.7 Å². The number of amides is 1. The zero-order valence-corrected chi connectivity index (χ0v) is 17.4. The highest BCUT2D eigenvalue weighted by molar-refractivity contribution is 7.13. The highest BCUT2D eigenvalue weighted by atomic mass is 32.1. The number of thiophene rings is 1. The number of ether oxygens (including phenoxy) is 1. The number of morpholine rings is 1. The van der Waals surface area contributed by atoms with E-state index in [0.29, 0.717) is 12.2 Å². The molecular weight excluding hydrogens is 390 g/mol. The SMILES string of the molecule is Cc1ccc(-c2nc(C(=O)NCC(c3cccs3)N3CCOCC3)cs2)cc1. The Balaban J connectivity index is 1.43. The van der Waals surface area contributed by atoms with E-state index in [-0.39, 0.29) is 11.9 Å². The van der Waals surface area contributed by atoms with Gasteiger partial charge in [-0.1, -0.05) is 35.9 Å². The number of nitrogens with one attached hydrogen (secondary N) is 1. The standard InChI is InChI=1S/C21H23N3O2S2/c1-15-4-6-16(7-5-15)21-23-17(14-28-21)20(25)22-13-18(19-3-2-12-27-19)24-8-10-26-11-9-24/h2-7,12,14,18H,8-11,13H2,1H3,(H,22,25). The van der Waals surface area contributed by atoms with Crippen LogP contribution in [0.1, 0.15) is 27.0 Å². The molecule has 146 valence electrons. The second-order valence-corrected chi connectivity index (χ2v) is 8.63. The highest BCUT2D eigenvalue weighted by Gasteiger charge is 2.24. The fraction of sp³-hybridized carbons (Fsp3) is 0.333. The van der Waals surface area contributed by atoms with Crippen LogP contribution in [0.25, 0.3) is 10.6 Å². The van der Waals surface area contributed by atoms with Crippen molar-refractivity contribution in [2.45, 2.75) is 13.0 Å². The third-order valence-corrected chi connectivity index (χ3v) is 6.71. The third-order valence-electron chi connectivity index (χ3n) is 4.85. The van der Waals surface area contributed by atoms with Gasteiger partial charge < -0.3 is 10.1 Å². The summed E-state index contributed by atoms with van der Waals surface area (Å²) in [5, 5.41) is 7.87. The van der Waals surface area contributed by atoms with Crippen LogP contribution in [0, 0.1) is 6.92 Å². The Bertz CT molecular complexity index is 900. The molecule has 0 spiro atoms. The predicted molar refractivity (Wildman–Crippen MR) is 114 cm³/mol. The molecule has 4 rings (SSSR count). The van der Waals surface area contributed by atoms with E-state index in [4.69, 9.17) is 4.74 Å². The Hall–Kier alpha value is -2.06. The normalized spacial score (nSPS) is 16.0. The third kappa shape index (κ3) is 4.50. The smallest absolute Gasteiger partial charge is 0.270 e. The van der Waals surface area contributed by atoms with Crippen molar-refractivity contribution in [2.75, 3.05) is 32.8 Å². The van der Waals surface area contributed by atoms with Crippen LogP contribution in [-0.2, 0) is 4.74 Å². The largest absolute Gasteiger partial charge is 0.379 e. The summed E-state index contributed by atoms with van der Waals surface area (Å²) in [6.07, 6.45) is 0. The lowest BCUT2D eigenvalue weighted by molar-refractivity contribution is 0.0169. The molecule has 3 aromatic rings. The average Bonchev–Trinajstić information content (AvgIpc) is 3.42. The minimum atomic E-state index is -0.121. The van der Waals surface area contributed by atoms with Gasteiger partial charge in [0.25, 0.3) is 5.91 Å². The van der Waals surface area contributed by atoms with Crippen molar-refractivity contribution in [2.24, 2.45) is 0 Å². The Labute approximate surface area is 173 Å². The molecule has 0 bridgehead atoms. The molecule has 7 heteroatoms. The first kappa shape index (κ1) is 19.3. The summed E-state index contributed by atoms with van der Waals surface area (Å²) in [5.41, 5.74) is 2.73. The number of thiazole rings is 1. The molecule has 1 unspecified atom stereocenters. The van der Waals surface area contributed by atoms with Crippen LogP contribution in [0.5, 0.6) is 0 Å². The van der Waals surface area contributed by atoms with Gasteiger partial charge in [-0.15, -0.1) is 22.7 Å². The van der Waals surface area contributed by atoms with Crippen molar-refractivity contribution in [1.29, 1.82) is 0 Å². The monoisotopic (exact) mass is 413 g/mol. The van der Waals surface area contributed by atoms with Crippen molar-refractivity contribution in [1.82, 2.24) is 15.2 Å². The Morgan fingerprint density at radius 2 is 2.00 bits per heavy atom. The molecule has 1 aliphatic heterocycles. The summed E-state index contributed by atoms with van der Waals surface area (Å²) in [5.74, 6) is -0.121. The lowest BCUT2D eigenvalue weighted by Gasteiger charge is -2.34. The summed E-state index contributed by atoms with van der Waals surface area (Å²) < 4.78 is 5.48. The van der Waals surface area contributed by atoms with Crippen molar-refractivity contribution >= 4 is 28.6 Å². The fourth-order valence-electron chi connectivity index (χ4n) is 3.27. The molecule has 1 N–H and O–H groups in total. The maximum atomic E-state index is 12.7. The van der Waals surface area contributed by atoms with Crippen LogP contribution >= 0.6 is 22.7 Å². The van der Waals surface area contributed by atoms with E-state index in [1.165, 1.54) is 21.8 Å². The van der Waals surface area contributed by atoms with Crippen molar-refractivity contribution < 1.29 is 9.53 Å². The molecule has 1 atom stereocenters. The van der Waals surface area contributed by atoms with Crippen LogP contribution < -0.4 is 5.32 Å². The minimum absolute atomic E-state index is 0.121. The maximum Gasteiger partial charge on any atom is 0.270 e. The van der Waals surface area contributed by atoms with Crippen molar-refractivity contribution in [3.63, 3.8) is 0 Å². The Morgan fingerprint density at radius 3 is 2.71 bits per heavy atom. The number of carbonyl (C=O) groups is 1. The molecule has 1 aliphatic rings. The number of nitrogens with zero attached hydrogens (tertiary/aromatic N) is 2. The van der Waals surface area contributed by atoms with Gasteiger partial charge in [-0.05, 0) is 18.4 Å². The molecule has 0 radical (unpaired) electrons. The van der Waals surface area contributed by atoms with E-state index in [0.717, 1.165) is 36.9 Å². The number of hydrogen-bond donors (Lipinski definition) is 1. The lowest BCUT2D eigenvalue weighted by Crippen LogP contribution is -2.43. The predicted octanol–water partition coefficient (Wildman–Crippen LogP) is 3.98. The number of aryl methyl sites for hydroxylation is 1. The van der Waals surface area contributed by atoms with Gasteiger partial charge in [-0.3, -0.25) is 9.69 Å². The first-order valence-electron chi connectivity index (χ1n) is 9.36. The molecule has 0 saturated carbocycles. The molecule has 1 fully saturated rings. The van der Waals surface area contributed by atoms with Crippen LogP contribution in [0.3, 0.4) is 0 Å². The highest BCUT2D eigenvalue weighted by Crippen LogP contribution is 2.26. The van der Waals surface area contributed by atoms with E-state index in [9.17, 15) is 4.79 Å². The molecule has 0 aliphatic carbocycles. The number of carbonyl (C=O) groups excluding carboxylic acids is 1. The topological polar surface area (TPSA) is 54.5 Å². The lowest BCUT2D eigenvalue weighted by atomic mass is 10.1. The van der Waals surface area contributed by atoms with Crippen molar-refractivity contribution in [3.05, 3.63) is 63.3 Å². The molecule has 1 amide bonds. The average molecular weight is 414 g/mol. The Morgan fingerprint density at radius 1 is 1.21 bits per heavy atom. The number of hydrogen-bond acceptors (Lipinski definition) is 6. The second kappa shape index (κ2) is 8.96. The molecule has 1 saturated heterocycles. The maximum absolute atomic E-state index is 12.7. The summed E-state index contributed by atoms with van der Waals surface area (Å²) >= 11 is 3.23. The molecule has 5 nitrogen and oxygen atoms in total. The van der Waals surface area contributed by atoms with Gasteiger partial charge in [0.15, 0.2) is 0 Å². The quantitative estimate of drug-likeness (QED) is 0.664. The van der Waals surface area contributed by atoms with Gasteiger partial charge in [0.2, 0.25) is 0 Å². The second-order valence-electron chi connectivity index (χ2n) is 6.79. The summed E-state index contributed by atoms with van der Waals surface area (Å²) in [6.45, 7) is 5.86. The fourth-order valence-corrected chi connectivity index (χ4v) is 4.93. The van der Waals surface area contributed by atoms with Gasteiger partial charge in [0, 0.05) is 35.5 Å². The summed E-state index contributed by atoms with van der Waals surface area (Å²) in [6, 6.07) is 12.6.